The number of para-hydroxylation sites is 1. The van der Waals surface area contributed by atoms with Crippen LogP contribution in [0.2, 0.25) is 0 Å². The quantitative estimate of drug-likeness (QED) is 0.442. The Morgan fingerprint density at radius 1 is 1.20 bits per heavy atom. The highest BCUT2D eigenvalue weighted by Crippen LogP contribution is 2.44. The van der Waals surface area contributed by atoms with Crippen LogP contribution in [0.25, 0.3) is 6.08 Å². The topological polar surface area (TPSA) is 62.1 Å². The SMILES string of the molecule is COc1cc(/C=C2/SC(=Nc3ccccc3)N(C3CCCC3)C2=O)c(Br)c(Br)c1O. The Hall–Kier alpha value is -1.77. The average molecular weight is 552 g/mol. The summed E-state index contributed by atoms with van der Waals surface area (Å²) in [4.78, 5) is 20.6. The Balaban J connectivity index is 1.76. The fraction of sp³-hybridized carbons (Fsp3) is 0.273. The standard InChI is InChI=1S/C22H20Br2N2O3S/c1-29-16-11-13(18(23)19(24)20(16)27)12-17-21(28)26(15-9-5-6-10-15)22(30-17)25-14-7-3-2-4-8-14/h2-4,7-8,11-12,15,27H,5-6,9-10H2,1H3/b17-12+,25-22?. The Bertz CT molecular complexity index is 1030. The van der Waals surface area contributed by atoms with Crippen LogP contribution in [-0.4, -0.2) is 34.2 Å². The molecule has 5 nitrogen and oxygen atoms in total. The Labute approximate surface area is 196 Å². The zero-order chi connectivity index (χ0) is 21.3. The van der Waals surface area contributed by atoms with Crippen molar-refractivity contribution in [1.82, 2.24) is 4.90 Å². The molecule has 1 heterocycles. The number of phenolic OH excluding ortho intramolecular Hbond substituents is 1. The molecule has 1 N–H and O–H groups in total. The van der Waals surface area contributed by atoms with Gasteiger partial charge in [0.05, 0.1) is 22.2 Å². The summed E-state index contributed by atoms with van der Waals surface area (Å²) >= 11 is 8.26. The fourth-order valence-electron chi connectivity index (χ4n) is 3.68. The number of methoxy groups -OCH3 is 1. The summed E-state index contributed by atoms with van der Waals surface area (Å²) in [6.07, 6.45) is 6.07. The first-order valence-electron chi connectivity index (χ1n) is 9.61. The fourth-order valence-corrected chi connectivity index (χ4v) is 5.57. The van der Waals surface area contributed by atoms with Crippen molar-refractivity contribution in [2.45, 2.75) is 31.7 Å². The number of aliphatic imine (C=N–C) groups is 1. The van der Waals surface area contributed by atoms with Gasteiger partial charge in [0.15, 0.2) is 16.7 Å². The summed E-state index contributed by atoms with van der Waals surface area (Å²) in [6.45, 7) is 0. The van der Waals surface area contributed by atoms with Crippen molar-refractivity contribution in [3.05, 3.63) is 55.8 Å². The summed E-state index contributed by atoms with van der Waals surface area (Å²) in [7, 11) is 1.49. The summed E-state index contributed by atoms with van der Waals surface area (Å²) in [5, 5.41) is 10.9. The van der Waals surface area contributed by atoms with E-state index >= 15 is 0 Å². The molecule has 2 aliphatic rings. The van der Waals surface area contributed by atoms with Gasteiger partial charge >= 0.3 is 0 Å². The van der Waals surface area contributed by atoms with Crippen LogP contribution in [0.5, 0.6) is 11.5 Å². The van der Waals surface area contributed by atoms with Crippen LogP contribution in [0, 0.1) is 0 Å². The van der Waals surface area contributed by atoms with Gasteiger partial charge in [-0.1, -0.05) is 31.0 Å². The molecule has 0 aromatic heterocycles. The second kappa shape index (κ2) is 9.16. The zero-order valence-corrected chi connectivity index (χ0v) is 20.3. The van der Waals surface area contributed by atoms with E-state index in [4.69, 9.17) is 9.73 Å². The first kappa shape index (κ1) is 21.5. The molecule has 4 rings (SSSR count). The number of hydrogen-bond acceptors (Lipinski definition) is 5. The Kier molecular flexibility index (Phi) is 6.55. The van der Waals surface area contributed by atoms with E-state index in [9.17, 15) is 9.90 Å². The van der Waals surface area contributed by atoms with E-state index in [-0.39, 0.29) is 17.7 Å². The molecule has 8 heteroatoms. The van der Waals surface area contributed by atoms with E-state index in [2.05, 4.69) is 31.9 Å². The second-order valence-corrected chi connectivity index (χ2v) is 9.69. The Morgan fingerprint density at radius 3 is 2.57 bits per heavy atom. The van der Waals surface area contributed by atoms with Gasteiger partial charge in [0.2, 0.25) is 0 Å². The number of amides is 1. The molecule has 1 saturated heterocycles. The van der Waals surface area contributed by atoms with Gasteiger partial charge in [0.1, 0.15) is 0 Å². The van der Waals surface area contributed by atoms with Gasteiger partial charge in [-0.25, -0.2) is 4.99 Å². The molecular weight excluding hydrogens is 532 g/mol. The van der Waals surface area contributed by atoms with Crippen LogP contribution in [-0.2, 0) is 4.79 Å². The molecule has 0 unspecified atom stereocenters. The van der Waals surface area contributed by atoms with Crippen LogP contribution in [0.4, 0.5) is 5.69 Å². The van der Waals surface area contributed by atoms with Crippen LogP contribution in [0.1, 0.15) is 31.2 Å². The molecule has 30 heavy (non-hydrogen) atoms. The van der Waals surface area contributed by atoms with Crippen molar-refractivity contribution in [2.24, 2.45) is 4.99 Å². The summed E-state index contributed by atoms with van der Waals surface area (Å²) in [6, 6.07) is 11.6. The highest BCUT2D eigenvalue weighted by Gasteiger charge is 2.39. The third-order valence-corrected chi connectivity index (χ3v) is 8.33. The summed E-state index contributed by atoms with van der Waals surface area (Å²) < 4.78 is 6.40. The molecule has 0 atom stereocenters. The number of ether oxygens (including phenoxy) is 1. The lowest BCUT2D eigenvalue weighted by Crippen LogP contribution is -2.37. The highest BCUT2D eigenvalue weighted by atomic mass is 79.9. The molecule has 0 bridgehead atoms. The molecular formula is C22H20Br2N2O3S. The van der Waals surface area contributed by atoms with E-state index in [1.54, 1.807) is 6.07 Å². The maximum absolute atomic E-state index is 13.4. The number of hydrogen-bond donors (Lipinski definition) is 1. The van der Waals surface area contributed by atoms with E-state index in [1.165, 1.54) is 18.9 Å². The van der Waals surface area contributed by atoms with Crippen molar-refractivity contribution in [1.29, 1.82) is 0 Å². The van der Waals surface area contributed by atoms with E-state index in [0.717, 1.165) is 36.9 Å². The van der Waals surface area contributed by atoms with E-state index in [0.29, 0.717) is 24.8 Å². The smallest absolute Gasteiger partial charge is 0.267 e. The third kappa shape index (κ3) is 4.18. The molecule has 156 valence electrons. The lowest BCUT2D eigenvalue weighted by molar-refractivity contribution is -0.123. The number of phenols is 1. The number of carbonyl (C=O) groups is 1. The van der Waals surface area contributed by atoms with Gasteiger partial charge in [-0.15, -0.1) is 0 Å². The van der Waals surface area contributed by atoms with Crippen molar-refractivity contribution >= 4 is 66.5 Å². The minimum Gasteiger partial charge on any atom is -0.503 e. The predicted molar refractivity (Wildman–Crippen MR) is 128 cm³/mol. The van der Waals surface area contributed by atoms with Gasteiger partial charge in [0.25, 0.3) is 5.91 Å². The van der Waals surface area contributed by atoms with Gasteiger partial charge in [-0.3, -0.25) is 9.69 Å². The molecule has 0 spiro atoms. The highest BCUT2D eigenvalue weighted by molar-refractivity contribution is 9.13. The van der Waals surface area contributed by atoms with Crippen LogP contribution in [0.3, 0.4) is 0 Å². The average Bonchev–Trinajstić information content (AvgIpc) is 3.37. The van der Waals surface area contributed by atoms with Crippen molar-refractivity contribution < 1.29 is 14.6 Å². The predicted octanol–water partition coefficient (Wildman–Crippen LogP) is 6.47. The van der Waals surface area contributed by atoms with E-state index in [1.807, 2.05) is 41.3 Å². The summed E-state index contributed by atoms with van der Waals surface area (Å²) in [5.74, 6) is 0.311. The number of benzene rings is 2. The van der Waals surface area contributed by atoms with Crippen molar-refractivity contribution in [3.63, 3.8) is 0 Å². The minimum atomic E-state index is -0.0309. The molecule has 2 aromatic carbocycles. The number of thioether (sulfide) groups is 1. The zero-order valence-electron chi connectivity index (χ0n) is 16.3. The maximum atomic E-state index is 13.4. The maximum Gasteiger partial charge on any atom is 0.267 e. The number of carbonyl (C=O) groups excluding carboxylic acids is 1. The largest absolute Gasteiger partial charge is 0.503 e. The summed E-state index contributed by atoms with van der Waals surface area (Å²) in [5.41, 5.74) is 1.56. The van der Waals surface area contributed by atoms with Gasteiger partial charge < -0.3 is 9.84 Å². The van der Waals surface area contributed by atoms with Gasteiger partial charge in [-0.2, -0.15) is 0 Å². The monoisotopic (exact) mass is 550 g/mol. The molecule has 2 aromatic rings. The number of halogens is 2. The molecule has 0 radical (unpaired) electrons. The third-order valence-electron chi connectivity index (χ3n) is 5.19. The van der Waals surface area contributed by atoms with Gasteiger partial charge in [0, 0.05) is 10.5 Å². The molecule has 1 aliphatic carbocycles. The lowest BCUT2D eigenvalue weighted by Gasteiger charge is -2.22. The number of amidine groups is 1. The lowest BCUT2D eigenvalue weighted by atomic mass is 10.1. The Morgan fingerprint density at radius 2 is 1.90 bits per heavy atom. The first-order valence-corrected chi connectivity index (χ1v) is 12.0. The van der Waals surface area contributed by atoms with Crippen LogP contribution in [0.15, 0.2) is 55.2 Å². The number of nitrogens with zero attached hydrogens (tertiary/aromatic N) is 2. The van der Waals surface area contributed by atoms with Gasteiger partial charge in [-0.05, 0) is 86.3 Å². The number of aromatic hydroxyl groups is 1. The van der Waals surface area contributed by atoms with Crippen LogP contribution >= 0.6 is 43.6 Å². The molecule has 1 saturated carbocycles. The molecule has 1 amide bonds. The number of rotatable bonds is 4. The normalized spacial score (nSPS) is 20.0. The van der Waals surface area contributed by atoms with Crippen molar-refractivity contribution in [2.75, 3.05) is 7.11 Å². The molecule has 2 fully saturated rings. The van der Waals surface area contributed by atoms with E-state index < -0.39 is 0 Å². The second-order valence-electron chi connectivity index (χ2n) is 7.10. The minimum absolute atomic E-state index is 0.0100. The molecule has 1 aliphatic heterocycles. The van der Waals surface area contributed by atoms with Crippen molar-refractivity contribution in [3.8, 4) is 11.5 Å². The first-order chi connectivity index (χ1) is 14.5. The van der Waals surface area contributed by atoms with Crippen LogP contribution < -0.4 is 4.74 Å².